The highest BCUT2D eigenvalue weighted by Crippen LogP contribution is 2.71. The molecule has 10 heteroatoms. The van der Waals surface area contributed by atoms with E-state index in [2.05, 4.69) is 46.6 Å². The van der Waals surface area contributed by atoms with Crippen molar-refractivity contribution in [2.24, 2.45) is 28.2 Å². The number of hydrogen-bond donors (Lipinski definition) is 4. The second kappa shape index (κ2) is 13.1. The van der Waals surface area contributed by atoms with Crippen LogP contribution >= 0.6 is 11.6 Å². The van der Waals surface area contributed by atoms with E-state index in [4.69, 9.17) is 23.1 Å². The Balaban J connectivity index is 1.21. The Kier molecular flexibility index (Phi) is 9.74. The van der Waals surface area contributed by atoms with E-state index < -0.39 is 18.3 Å². The van der Waals surface area contributed by atoms with Crippen LogP contribution in [0.3, 0.4) is 0 Å². The maximum Gasteiger partial charge on any atom is 0.231 e. The van der Waals surface area contributed by atoms with E-state index in [1.165, 1.54) is 19.3 Å². The van der Waals surface area contributed by atoms with Crippen LogP contribution in [-0.2, 0) is 4.79 Å². The van der Waals surface area contributed by atoms with Crippen LogP contribution in [0.15, 0.2) is 23.7 Å². The number of piperidine rings is 1. The normalized spacial score (nSPS) is 36.9. The quantitative estimate of drug-likeness (QED) is 0.175. The Bertz CT molecular complexity index is 1100. The van der Waals surface area contributed by atoms with Crippen molar-refractivity contribution >= 4 is 17.5 Å². The van der Waals surface area contributed by atoms with Gasteiger partial charge in [0.1, 0.15) is 12.7 Å². The fourth-order valence-electron chi connectivity index (χ4n) is 9.76. The van der Waals surface area contributed by atoms with E-state index in [0.29, 0.717) is 25.6 Å². The third-order valence-electron chi connectivity index (χ3n) is 12.5. The number of halogens is 2. The van der Waals surface area contributed by atoms with Crippen molar-refractivity contribution in [1.29, 1.82) is 0 Å². The van der Waals surface area contributed by atoms with Crippen LogP contribution in [0.2, 0.25) is 0 Å². The molecule has 6 aliphatic rings. The first-order valence-corrected chi connectivity index (χ1v) is 18.1. The summed E-state index contributed by atoms with van der Waals surface area (Å²) in [5, 5.41) is 7.15. The van der Waals surface area contributed by atoms with Crippen molar-refractivity contribution < 1.29 is 13.7 Å². The monoisotopic (exact) mass is 634 g/mol. The molecule has 0 aromatic rings. The molecule has 6 unspecified atom stereocenters. The van der Waals surface area contributed by atoms with Gasteiger partial charge in [-0.15, -0.1) is 11.6 Å². The molecule has 6 N–H and O–H groups in total. The number of nitrogens with zero attached hydrogens (tertiary/aromatic N) is 3. The maximum absolute atomic E-state index is 14.4. The number of unbranched alkanes of at least 4 members (excludes halogenated alkanes) is 1. The van der Waals surface area contributed by atoms with Crippen molar-refractivity contribution in [3.05, 3.63) is 23.7 Å². The zero-order valence-corrected chi connectivity index (χ0v) is 28.0. The summed E-state index contributed by atoms with van der Waals surface area (Å²) in [6.07, 6.45) is 14.9. The van der Waals surface area contributed by atoms with Crippen molar-refractivity contribution in [2.45, 2.75) is 114 Å². The van der Waals surface area contributed by atoms with Gasteiger partial charge in [-0.25, -0.2) is 4.39 Å². The molecule has 1 spiro atoms. The topological polar surface area (TPSA) is 99.7 Å². The van der Waals surface area contributed by atoms with E-state index in [9.17, 15) is 9.18 Å². The first kappa shape index (κ1) is 32.7. The van der Waals surface area contributed by atoms with Gasteiger partial charge in [-0.3, -0.25) is 14.2 Å². The van der Waals surface area contributed by atoms with E-state index >= 15 is 0 Å². The number of allylic oxidation sites excluding steroid dienone is 1. The molecule has 5 fully saturated rings. The lowest BCUT2D eigenvalue weighted by Crippen LogP contribution is -2.59. The van der Waals surface area contributed by atoms with Crippen LogP contribution in [0.5, 0.6) is 0 Å². The van der Waals surface area contributed by atoms with Gasteiger partial charge in [-0.05, 0) is 55.8 Å². The Morgan fingerprint density at radius 1 is 1.20 bits per heavy atom. The van der Waals surface area contributed by atoms with Gasteiger partial charge in [0.15, 0.2) is 0 Å². The molecule has 6 rings (SSSR count). The number of quaternary nitrogens is 1. The molecule has 1 saturated carbocycles. The van der Waals surface area contributed by atoms with Crippen LogP contribution in [0.4, 0.5) is 4.39 Å². The van der Waals surface area contributed by atoms with Gasteiger partial charge in [0, 0.05) is 69.1 Å². The molecule has 8 nitrogen and oxygen atoms in total. The SMILES string of the molecule is CCCCC12CC(C(C(=O)NC3=C(N4CCC(N5CCC(F)C5)CC4)C=C[N+]4(CCCC4)C3)C(N)N)NCC(Cl)CC1(C)C2. The fraction of sp³-hybridized carbons (Fsp3) is 0.853. The number of carbonyl (C=O) groups is 1. The predicted octanol–water partition coefficient (Wildman–Crippen LogP) is 3.77. The number of carbonyl (C=O) groups excluding carboxylic acids is 1. The van der Waals surface area contributed by atoms with Crippen LogP contribution in [0, 0.1) is 16.7 Å². The van der Waals surface area contributed by atoms with Gasteiger partial charge < -0.3 is 27.0 Å². The molecule has 44 heavy (non-hydrogen) atoms. The molecular formula is C34H58ClFN7O+. The second-order valence-electron chi connectivity index (χ2n) is 15.5. The minimum atomic E-state index is -0.775. The highest BCUT2D eigenvalue weighted by molar-refractivity contribution is 6.20. The number of hydrogen-bond acceptors (Lipinski definition) is 6. The van der Waals surface area contributed by atoms with Crippen molar-refractivity contribution in [3.63, 3.8) is 0 Å². The molecule has 1 aliphatic carbocycles. The predicted molar refractivity (Wildman–Crippen MR) is 175 cm³/mol. The average molecular weight is 635 g/mol. The molecule has 248 valence electrons. The summed E-state index contributed by atoms with van der Waals surface area (Å²) >= 11 is 6.85. The molecule has 1 amide bonds. The Morgan fingerprint density at radius 2 is 1.95 bits per heavy atom. The zero-order valence-electron chi connectivity index (χ0n) is 27.2. The Morgan fingerprint density at radius 3 is 2.61 bits per heavy atom. The summed E-state index contributed by atoms with van der Waals surface area (Å²) in [4.78, 5) is 19.2. The average Bonchev–Trinajstić information content (AvgIpc) is 3.33. The van der Waals surface area contributed by atoms with Crippen LogP contribution in [0.1, 0.15) is 84.5 Å². The van der Waals surface area contributed by atoms with Crippen molar-refractivity contribution in [2.75, 3.05) is 52.4 Å². The largest absolute Gasteiger partial charge is 0.370 e. The van der Waals surface area contributed by atoms with Gasteiger partial charge in [-0.1, -0.05) is 26.7 Å². The third-order valence-corrected chi connectivity index (χ3v) is 12.8. The van der Waals surface area contributed by atoms with E-state index in [1.54, 1.807) is 0 Å². The second-order valence-corrected chi connectivity index (χ2v) is 16.2. The molecular weight excluding hydrogens is 577 g/mol. The zero-order chi connectivity index (χ0) is 31.1. The van der Waals surface area contributed by atoms with Gasteiger partial charge >= 0.3 is 0 Å². The summed E-state index contributed by atoms with van der Waals surface area (Å²) in [6, 6.07) is 0.322. The summed E-state index contributed by atoms with van der Waals surface area (Å²) in [5.41, 5.74) is 15.5. The number of amides is 1. The lowest BCUT2D eigenvalue weighted by Gasteiger charge is -2.42. The highest BCUT2D eigenvalue weighted by Gasteiger charge is 2.64. The molecule has 0 aromatic heterocycles. The third kappa shape index (κ3) is 6.61. The Labute approximate surface area is 269 Å². The van der Waals surface area contributed by atoms with Gasteiger partial charge in [0.25, 0.3) is 0 Å². The van der Waals surface area contributed by atoms with Crippen LogP contribution in [-0.4, -0.2) is 102 Å². The first-order chi connectivity index (χ1) is 21.1. The van der Waals surface area contributed by atoms with E-state index in [0.717, 1.165) is 100 Å². The Hall–Kier alpha value is -1.23. The minimum absolute atomic E-state index is 0.0283. The summed E-state index contributed by atoms with van der Waals surface area (Å²) in [6.45, 7) is 11.6. The van der Waals surface area contributed by atoms with Crippen LogP contribution in [0.25, 0.3) is 0 Å². The maximum atomic E-state index is 14.4. The molecule has 5 heterocycles. The van der Waals surface area contributed by atoms with Crippen molar-refractivity contribution in [3.8, 4) is 0 Å². The molecule has 5 aliphatic heterocycles. The lowest BCUT2D eigenvalue weighted by molar-refractivity contribution is -0.863. The smallest absolute Gasteiger partial charge is 0.231 e. The first-order valence-electron chi connectivity index (χ1n) is 17.7. The molecule has 0 radical (unpaired) electrons. The number of rotatable bonds is 9. The number of fused-ring (bicyclic) bond motifs is 1. The lowest BCUT2D eigenvalue weighted by atomic mass is 9.77. The van der Waals surface area contributed by atoms with Gasteiger partial charge in [0.2, 0.25) is 5.91 Å². The summed E-state index contributed by atoms with van der Waals surface area (Å²) < 4.78 is 14.8. The summed E-state index contributed by atoms with van der Waals surface area (Å²) in [7, 11) is 0. The number of alkyl halides is 2. The number of nitrogens with two attached hydrogens (primary N) is 2. The van der Waals surface area contributed by atoms with E-state index in [-0.39, 0.29) is 28.2 Å². The van der Waals surface area contributed by atoms with Crippen LogP contribution < -0.4 is 22.1 Å². The molecule has 6 atom stereocenters. The van der Waals surface area contributed by atoms with Gasteiger partial charge in [0.05, 0.1) is 42.8 Å². The minimum Gasteiger partial charge on any atom is -0.370 e. The van der Waals surface area contributed by atoms with E-state index in [1.807, 2.05) is 0 Å². The summed E-state index contributed by atoms with van der Waals surface area (Å²) in [5.74, 6) is -0.625. The number of nitrogens with one attached hydrogen (secondary N) is 2. The molecule has 0 bridgehead atoms. The van der Waals surface area contributed by atoms with Gasteiger partial charge in [-0.2, -0.15) is 0 Å². The fourth-order valence-corrected chi connectivity index (χ4v) is 10.2. The molecule has 4 saturated heterocycles. The molecule has 0 aromatic carbocycles. The van der Waals surface area contributed by atoms with Crippen molar-refractivity contribution in [1.82, 2.24) is 20.4 Å². The number of likely N-dealkylation sites (tertiary alicyclic amines) is 2. The standard InChI is InChI=1S/C34H57ClFN7O/c1-3-4-11-34-19-27(39-20-24(35)18-33(34,2)23-34)30(31(37)38)32(44)40-28-22-43(15-5-6-16-43)17-10-29(28)41-13-8-26(9-14-41)42-12-7-25(36)21-42/h10,17,24-27,30-31,39H,3-9,11-16,18-23,37-38H2,1-2H3/p+1. The highest BCUT2D eigenvalue weighted by atomic mass is 35.5.